The van der Waals surface area contributed by atoms with Crippen molar-refractivity contribution in [2.75, 3.05) is 20.1 Å². The van der Waals surface area contributed by atoms with Crippen molar-refractivity contribution in [1.82, 2.24) is 10.2 Å². The van der Waals surface area contributed by atoms with Crippen LogP contribution in [0.4, 0.5) is 0 Å². The second kappa shape index (κ2) is 4.63. The fraction of sp³-hybridized carbons (Fsp3) is 1.00. The number of likely N-dealkylation sites (N-methyl/N-ethyl adjacent to an activating group) is 1. The number of nitrogens with one attached hydrogen (secondary N) is 1. The standard InChI is InChI=1S/C12H24N2/c1-3-10-4-5-11(8-10)14(2)12-6-7-13-9-12/h10-13H,3-9H2,1-2H3. The SMILES string of the molecule is CCC1CCC(N(C)C2CCNC2)C1. The number of nitrogens with zero attached hydrogens (tertiary/aromatic N) is 1. The first-order chi connectivity index (χ1) is 6.81. The Kier molecular flexibility index (Phi) is 3.45. The van der Waals surface area contributed by atoms with E-state index in [9.17, 15) is 0 Å². The predicted molar refractivity (Wildman–Crippen MR) is 60.5 cm³/mol. The Hall–Kier alpha value is -0.0800. The molecule has 3 atom stereocenters. The summed E-state index contributed by atoms with van der Waals surface area (Å²) in [5.41, 5.74) is 0. The van der Waals surface area contributed by atoms with Crippen LogP contribution in [0.15, 0.2) is 0 Å². The molecule has 2 aliphatic rings. The van der Waals surface area contributed by atoms with Crippen molar-refractivity contribution in [3.05, 3.63) is 0 Å². The van der Waals surface area contributed by atoms with E-state index in [1.54, 1.807) is 0 Å². The van der Waals surface area contributed by atoms with Crippen LogP contribution >= 0.6 is 0 Å². The molecule has 0 aromatic heterocycles. The third kappa shape index (κ3) is 2.12. The smallest absolute Gasteiger partial charge is 0.0232 e. The van der Waals surface area contributed by atoms with E-state index in [0.29, 0.717) is 0 Å². The van der Waals surface area contributed by atoms with E-state index in [-0.39, 0.29) is 0 Å². The molecule has 1 aliphatic carbocycles. The molecule has 0 bridgehead atoms. The van der Waals surface area contributed by atoms with E-state index in [1.807, 2.05) is 0 Å². The van der Waals surface area contributed by atoms with Crippen LogP contribution in [0.3, 0.4) is 0 Å². The van der Waals surface area contributed by atoms with Gasteiger partial charge in [0.1, 0.15) is 0 Å². The largest absolute Gasteiger partial charge is 0.315 e. The Morgan fingerprint density at radius 3 is 2.64 bits per heavy atom. The fourth-order valence-electron chi connectivity index (χ4n) is 3.07. The van der Waals surface area contributed by atoms with Gasteiger partial charge in [-0.1, -0.05) is 13.3 Å². The Balaban J connectivity index is 1.83. The molecule has 1 aliphatic heterocycles. The second-order valence-electron chi connectivity index (χ2n) is 5.05. The Labute approximate surface area is 88.1 Å². The van der Waals surface area contributed by atoms with Crippen molar-refractivity contribution >= 4 is 0 Å². The van der Waals surface area contributed by atoms with Crippen LogP contribution in [0, 0.1) is 5.92 Å². The van der Waals surface area contributed by atoms with Gasteiger partial charge in [0.2, 0.25) is 0 Å². The molecule has 82 valence electrons. The highest BCUT2D eigenvalue weighted by Gasteiger charge is 2.30. The van der Waals surface area contributed by atoms with Crippen molar-refractivity contribution < 1.29 is 0 Å². The van der Waals surface area contributed by atoms with Gasteiger partial charge in [0, 0.05) is 18.6 Å². The zero-order chi connectivity index (χ0) is 9.97. The summed E-state index contributed by atoms with van der Waals surface area (Å²) in [4.78, 5) is 2.65. The molecule has 0 amide bonds. The van der Waals surface area contributed by atoms with Gasteiger partial charge in [-0.15, -0.1) is 0 Å². The zero-order valence-electron chi connectivity index (χ0n) is 9.63. The molecule has 0 aromatic rings. The molecule has 3 unspecified atom stereocenters. The summed E-state index contributed by atoms with van der Waals surface area (Å²) >= 11 is 0. The molecule has 2 heteroatoms. The molecule has 0 spiro atoms. The van der Waals surface area contributed by atoms with Crippen molar-refractivity contribution in [2.45, 2.75) is 51.1 Å². The maximum atomic E-state index is 3.46. The van der Waals surface area contributed by atoms with Crippen molar-refractivity contribution in [1.29, 1.82) is 0 Å². The van der Waals surface area contributed by atoms with Gasteiger partial charge in [-0.3, -0.25) is 4.90 Å². The maximum Gasteiger partial charge on any atom is 0.0232 e. The third-order valence-electron chi connectivity index (χ3n) is 4.28. The average Bonchev–Trinajstić information content (AvgIpc) is 2.88. The van der Waals surface area contributed by atoms with E-state index in [2.05, 4.69) is 24.2 Å². The number of rotatable bonds is 3. The lowest BCUT2D eigenvalue weighted by molar-refractivity contribution is 0.182. The topological polar surface area (TPSA) is 15.3 Å². The summed E-state index contributed by atoms with van der Waals surface area (Å²) in [6, 6.07) is 1.69. The molecular formula is C12H24N2. The summed E-state index contributed by atoms with van der Waals surface area (Å²) in [7, 11) is 2.33. The summed E-state index contributed by atoms with van der Waals surface area (Å²) in [6.07, 6.45) is 7.08. The van der Waals surface area contributed by atoms with Crippen LogP contribution < -0.4 is 5.32 Å². The minimum atomic E-state index is 0.815. The predicted octanol–water partition coefficient (Wildman–Crippen LogP) is 1.86. The van der Waals surface area contributed by atoms with E-state index in [0.717, 1.165) is 18.0 Å². The van der Waals surface area contributed by atoms with Crippen LogP contribution in [-0.4, -0.2) is 37.1 Å². The fourth-order valence-corrected chi connectivity index (χ4v) is 3.07. The molecule has 1 N–H and O–H groups in total. The van der Waals surface area contributed by atoms with Crippen molar-refractivity contribution in [3.8, 4) is 0 Å². The van der Waals surface area contributed by atoms with Gasteiger partial charge >= 0.3 is 0 Å². The van der Waals surface area contributed by atoms with E-state index in [4.69, 9.17) is 0 Å². The number of hydrogen-bond acceptors (Lipinski definition) is 2. The van der Waals surface area contributed by atoms with Crippen molar-refractivity contribution in [3.63, 3.8) is 0 Å². The lowest BCUT2D eigenvalue weighted by Crippen LogP contribution is -2.40. The Morgan fingerprint density at radius 2 is 2.07 bits per heavy atom. The Bertz CT molecular complexity index is 175. The van der Waals surface area contributed by atoms with Crippen LogP contribution in [0.1, 0.15) is 39.0 Å². The highest BCUT2D eigenvalue weighted by atomic mass is 15.2. The Morgan fingerprint density at radius 1 is 1.21 bits per heavy atom. The van der Waals surface area contributed by atoms with Crippen LogP contribution in [0.25, 0.3) is 0 Å². The highest BCUT2D eigenvalue weighted by molar-refractivity contribution is 4.87. The van der Waals surface area contributed by atoms with E-state index < -0.39 is 0 Å². The lowest BCUT2D eigenvalue weighted by Gasteiger charge is -2.30. The first-order valence-electron chi connectivity index (χ1n) is 6.24. The van der Waals surface area contributed by atoms with Crippen LogP contribution in [-0.2, 0) is 0 Å². The van der Waals surface area contributed by atoms with E-state index >= 15 is 0 Å². The van der Waals surface area contributed by atoms with Gasteiger partial charge in [0.25, 0.3) is 0 Å². The monoisotopic (exact) mass is 196 g/mol. The summed E-state index contributed by atoms with van der Waals surface area (Å²) in [5, 5.41) is 3.46. The summed E-state index contributed by atoms with van der Waals surface area (Å²) in [5.74, 6) is 1.01. The molecule has 14 heavy (non-hydrogen) atoms. The molecule has 0 radical (unpaired) electrons. The minimum Gasteiger partial charge on any atom is -0.315 e. The molecule has 2 nitrogen and oxygen atoms in total. The molecule has 1 saturated heterocycles. The lowest BCUT2D eigenvalue weighted by atomic mass is 10.0. The van der Waals surface area contributed by atoms with Crippen LogP contribution in [0.5, 0.6) is 0 Å². The van der Waals surface area contributed by atoms with Crippen molar-refractivity contribution in [2.24, 2.45) is 5.92 Å². The van der Waals surface area contributed by atoms with Gasteiger partial charge in [-0.25, -0.2) is 0 Å². The van der Waals surface area contributed by atoms with E-state index in [1.165, 1.54) is 45.2 Å². The maximum absolute atomic E-state index is 3.46. The summed E-state index contributed by atoms with van der Waals surface area (Å²) in [6.45, 7) is 4.77. The first-order valence-corrected chi connectivity index (χ1v) is 6.24. The summed E-state index contributed by atoms with van der Waals surface area (Å²) < 4.78 is 0. The van der Waals surface area contributed by atoms with Gasteiger partial charge < -0.3 is 5.32 Å². The molecule has 1 saturated carbocycles. The number of hydrogen-bond donors (Lipinski definition) is 1. The van der Waals surface area contributed by atoms with Gasteiger partial charge in [0.15, 0.2) is 0 Å². The first kappa shape index (κ1) is 10.4. The quantitative estimate of drug-likeness (QED) is 0.741. The molecule has 1 heterocycles. The highest BCUT2D eigenvalue weighted by Crippen LogP contribution is 2.32. The molecular weight excluding hydrogens is 172 g/mol. The third-order valence-corrected chi connectivity index (χ3v) is 4.28. The van der Waals surface area contributed by atoms with Gasteiger partial charge in [-0.2, -0.15) is 0 Å². The second-order valence-corrected chi connectivity index (χ2v) is 5.05. The average molecular weight is 196 g/mol. The van der Waals surface area contributed by atoms with Crippen LogP contribution in [0.2, 0.25) is 0 Å². The molecule has 0 aromatic carbocycles. The van der Waals surface area contributed by atoms with Gasteiger partial charge in [-0.05, 0) is 45.2 Å². The van der Waals surface area contributed by atoms with Gasteiger partial charge in [0.05, 0.1) is 0 Å². The molecule has 2 rings (SSSR count). The minimum absolute atomic E-state index is 0.815. The molecule has 2 fully saturated rings. The normalized spacial score (nSPS) is 38.4. The zero-order valence-corrected chi connectivity index (χ0v) is 9.63.